The Kier molecular flexibility index (Phi) is 3.98. The van der Waals surface area contributed by atoms with Gasteiger partial charge in [0.1, 0.15) is 11.6 Å². The summed E-state index contributed by atoms with van der Waals surface area (Å²) in [6, 6.07) is 14.0. The standard InChI is InChI=1S/C17H11F2NOS/c18-11-7-8-12(14(19)10-11)17(21)20-15-5-2-1-4-13(15)16-6-3-9-22-16/h1-10H,(H,20,21). The van der Waals surface area contributed by atoms with Gasteiger partial charge in [-0.25, -0.2) is 8.78 Å². The summed E-state index contributed by atoms with van der Waals surface area (Å²) in [5, 5.41) is 4.62. The number of para-hydroxylation sites is 1. The van der Waals surface area contributed by atoms with Gasteiger partial charge in [0.2, 0.25) is 0 Å². The number of nitrogens with one attached hydrogen (secondary N) is 1. The van der Waals surface area contributed by atoms with Crippen molar-refractivity contribution >= 4 is 22.9 Å². The molecule has 2 aromatic carbocycles. The zero-order valence-corrected chi connectivity index (χ0v) is 12.2. The van der Waals surface area contributed by atoms with Gasteiger partial charge < -0.3 is 5.32 Å². The van der Waals surface area contributed by atoms with Crippen molar-refractivity contribution in [3.8, 4) is 10.4 Å². The van der Waals surface area contributed by atoms with Gasteiger partial charge in [0.15, 0.2) is 0 Å². The lowest BCUT2D eigenvalue weighted by Crippen LogP contribution is -2.14. The number of amides is 1. The van der Waals surface area contributed by atoms with E-state index in [1.54, 1.807) is 23.5 Å². The van der Waals surface area contributed by atoms with E-state index in [0.717, 1.165) is 22.6 Å². The van der Waals surface area contributed by atoms with Gasteiger partial charge in [-0.1, -0.05) is 24.3 Å². The minimum absolute atomic E-state index is 0.192. The second kappa shape index (κ2) is 6.07. The van der Waals surface area contributed by atoms with Gasteiger partial charge in [0, 0.05) is 22.2 Å². The Hall–Kier alpha value is -2.53. The largest absolute Gasteiger partial charge is 0.321 e. The third-order valence-electron chi connectivity index (χ3n) is 3.14. The summed E-state index contributed by atoms with van der Waals surface area (Å²) < 4.78 is 26.6. The molecule has 0 aliphatic rings. The molecule has 0 aliphatic heterocycles. The molecule has 0 fully saturated rings. The molecule has 0 atom stereocenters. The Morgan fingerprint density at radius 1 is 1.00 bits per heavy atom. The average molecular weight is 315 g/mol. The van der Waals surface area contributed by atoms with E-state index in [-0.39, 0.29) is 5.56 Å². The molecule has 5 heteroatoms. The number of rotatable bonds is 3. The van der Waals surface area contributed by atoms with Crippen LogP contribution in [0.4, 0.5) is 14.5 Å². The molecule has 1 aromatic heterocycles. The second-order valence-corrected chi connectivity index (χ2v) is 5.55. The van der Waals surface area contributed by atoms with Crippen molar-refractivity contribution < 1.29 is 13.6 Å². The van der Waals surface area contributed by atoms with Crippen LogP contribution >= 0.6 is 11.3 Å². The van der Waals surface area contributed by atoms with Crippen molar-refractivity contribution in [1.82, 2.24) is 0 Å². The third kappa shape index (κ3) is 2.89. The van der Waals surface area contributed by atoms with Crippen LogP contribution in [0.3, 0.4) is 0 Å². The van der Waals surface area contributed by atoms with Crippen LogP contribution in [0.2, 0.25) is 0 Å². The van der Waals surface area contributed by atoms with Crippen molar-refractivity contribution in [2.24, 2.45) is 0 Å². The SMILES string of the molecule is O=C(Nc1ccccc1-c1cccs1)c1ccc(F)cc1F. The zero-order chi connectivity index (χ0) is 15.5. The summed E-state index contributed by atoms with van der Waals surface area (Å²) in [4.78, 5) is 13.2. The van der Waals surface area contributed by atoms with E-state index >= 15 is 0 Å². The zero-order valence-electron chi connectivity index (χ0n) is 11.3. The second-order valence-electron chi connectivity index (χ2n) is 4.60. The molecule has 0 saturated heterocycles. The maximum atomic E-state index is 13.7. The molecule has 22 heavy (non-hydrogen) atoms. The number of carbonyl (C=O) groups excluding carboxylic acids is 1. The first-order valence-electron chi connectivity index (χ1n) is 6.54. The normalized spacial score (nSPS) is 10.5. The average Bonchev–Trinajstić information content (AvgIpc) is 3.01. The van der Waals surface area contributed by atoms with Crippen molar-refractivity contribution in [3.05, 3.63) is 77.2 Å². The topological polar surface area (TPSA) is 29.1 Å². The fourth-order valence-electron chi connectivity index (χ4n) is 2.10. The molecule has 0 spiro atoms. The van der Waals surface area contributed by atoms with E-state index in [0.29, 0.717) is 11.8 Å². The summed E-state index contributed by atoms with van der Waals surface area (Å²) in [7, 11) is 0. The molecule has 0 bridgehead atoms. The van der Waals surface area contributed by atoms with Crippen LogP contribution in [0.25, 0.3) is 10.4 Å². The molecular weight excluding hydrogens is 304 g/mol. The van der Waals surface area contributed by atoms with Crippen LogP contribution in [0, 0.1) is 11.6 Å². The van der Waals surface area contributed by atoms with Gasteiger partial charge in [0.05, 0.1) is 5.56 Å². The number of thiophene rings is 1. The molecule has 3 aromatic rings. The Labute approximate surface area is 130 Å². The summed E-state index contributed by atoms with van der Waals surface area (Å²) in [5.41, 5.74) is 1.24. The summed E-state index contributed by atoms with van der Waals surface area (Å²) >= 11 is 1.54. The third-order valence-corrected chi connectivity index (χ3v) is 4.04. The Bertz CT molecular complexity index is 815. The predicted octanol–water partition coefficient (Wildman–Crippen LogP) is 4.95. The van der Waals surface area contributed by atoms with Gasteiger partial charge in [0.25, 0.3) is 5.91 Å². The van der Waals surface area contributed by atoms with Crippen molar-refractivity contribution in [2.45, 2.75) is 0 Å². The van der Waals surface area contributed by atoms with Gasteiger partial charge in [-0.15, -0.1) is 11.3 Å². The predicted molar refractivity (Wildman–Crippen MR) is 84.1 cm³/mol. The molecule has 3 rings (SSSR count). The molecule has 1 heterocycles. The molecule has 1 amide bonds. The lowest BCUT2D eigenvalue weighted by Gasteiger charge is -2.10. The molecule has 0 radical (unpaired) electrons. The smallest absolute Gasteiger partial charge is 0.258 e. The van der Waals surface area contributed by atoms with Crippen molar-refractivity contribution in [2.75, 3.05) is 5.32 Å². The molecule has 2 nitrogen and oxygen atoms in total. The molecule has 110 valence electrons. The highest BCUT2D eigenvalue weighted by molar-refractivity contribution is 7.13. The van der Waals surface area contributed by atoms with Crippen LogP contribution < -0.4 is 5.32 Å². The number of anilines is 1. The van der Waals surface area contributed by atoms with Crippen LogP contribution in [0.5, 0.6) is 0 Å². The lowest BCUT2D eigenvalue weighted by molar-refractivity contribution is 0.102. The molecule has 0 aliphatic carbocycles. The van der Waals surface area contributed by atoms with E-state index in [4.69, 9.17) is 0 Å². The molecule has 0 saturated carbocycles. The lowest BCUT2D eigenvalue weighted by atomic mass is 10.1. The van der Waals surface area contributed by atoms with Crippen LogP contribution in [0.15, 0.2) is 60.0 Å². The minimum Gasteiger partial charge on any atom is -0.321 e. The summed E-state index contributed by atoms with van der Waals surface area (Å²) in [6.45, 7) is 0. The first-order chi connectivity index (χ1) is 10.6. The summed E-state index contributed by atoms with van der Waals surface area (Å²) in [6.07, 6.45) is 0. The maximum absolute atomic E-state index is 13.7. The van der Waals surface area contributed by atoms with Crippen molar-refractivity contribution in [3.63, 3.8) is 0 Å². The number of hydrogen-bond acceptors (Lipinski definition) is 2. The minimum atomic E-state index is -0.883. The Morgan fingerprint density at radius 3 is 2.55 bits per heavy atom. The first-order valence-corrected chi connectivity index (χ1v) is 7.42. The number of carbonyl (C=O) groups is 1. The molecule has 0 unspecified atom stereocenters. The van der Waals surface area contributed by atoms with Gasteiger partial charge in [-0.3, -0.25) is 4.79 Å². The van der Waals surface area contributed by atoms with E-state index in [9.17, 15) is 13.6 Å². The van der Waals surface area contributed by atoms with Gasteiger partial charge >= 0.3 is 0 Å². The number of hydrogen-bond donors (Lipinski definition) is 1. The van der Waals surface area contributed by atoms with Gasteiger partial charge in [-0.05, 0) is 29.6 Å². The quantitative estimate of drug-likeness (QED) is 0.728. The Balaban J connectivity index is 1.92. The molecular formula is C17H11F2NOS. The number of halogens is 2. The summed E-state index contributed by atoms with van der Waals surface area (Å²) in [5.74, 6) is -2.21. The van der Waals surface area contributed by atoms with E-state index in [2.05, 4.69) is 5.32 Å². The van der Waals surface area contributed by atoms with Crippen LogP contribution in [-0.4, -0.2) is 5.91 Å². The number of benzene rings is 2. The fraction of sp³-hybridized carbons (Fsp3) is 0. The van der Waals surface area contributed by atoms with Gasteiger partial charge in [-0.2, -0.15) is 0 Å². The van der Waals surface area contributed by atoms with Crippen LogP contribution in [-0.2, 0) is 0 Å². The van der Waals surface area contributed by atoms with Crippen LogP contribution in [0.1, 0.15) is 10.4 Å². The van der Waals surface area contributed by atoms with E-state index < -0.39 is 17.5 Å². The monoisotopic (exact) mass is 315 g/mol. The molecule has 1 N–H and O–H groups in total. The van der Waals surface area contributed by atoms with E-state index in [1.165, 1.54) is 0 Å². The first kappa shape index (κ1) is 14.4. The maximum Gasteiger partial charge on any atom is 0.258 e. The van der Waals surface area contributed by atoms with E-state index in [1.807, 2.05) is 29.6 Å². The highest BCUT2D eigenvalue weighted by atomic mass is 32.1. The fourth-order valence-corrected chi connectivity index (χ4v) is 2.87. The van der Waals surface area contributed by atoms with Crippen molar-refractivity contribution in [1.29, 1.82) is 0 Å². The highest BCUT2D eigenvalue weighted by Crippen LogP contribution is 2.31. The Morgan fingerprint density at radius 2 is 1.82 bits per heavy atom. The highest BCUT2D eigenvalue weighted by Gasteiger charge is 2.14.